The van der Waals surface area contributed by atoms with Gasteiger partial charge < -0.3 is 10.5 Å². The number of nitrogens with two attached hydrogens (primary N) is 1. The zero-order chi connectivity index (χ0) is 15.0. The predicted octanol–water partition coefficient (Wildman–Crippen LogP) is 4.01. The highest BCUT2D eigenvalue weighted by molar-refractivity contribution is 5.83. The van der Waals surface area contributed by atoms with Crippen molar-refractivity contribution in [2.75, 3.05) is 12.8 Å². The number of hydrogen-bond acceptors (Lipinski definition) is 3. The van der Waals surface area contributed by atoms with Gasteiger partial charge in [-0.15, -0.1) is 0 Å². The second-order valence-electron chi connectivity index (χ2n) is 6.61. The van der Waals surface area contributed by atoms with Gasteiger partial charge in [-0.2, -0.15) is 5.10 Å². The molecule has 21 heavy (non-hydrogen) atoms. The molecular formula is C17H25N3O. The molecule has 1 aromatic heterocycles. The van der Waals surface area contributed by atoms with Crippen molar-refractivity contribution in [3.05, 3.63) is 23.9 Å². The smallest absolute Gasteiger partial charge is 0.0928 e. The summed E-state index contributed by atoms with van der Waals surface area (Å²) in [6, 6.07) is 4.65. The predicted molar refractivity (Wildman–Crippen MR) is 86.3 cm³/mol. The highest BCUT2D eigenvalue weighted by Gasteiger charge is 2.24. The molecule has 3 rings (SSSR count). The lowest BCUT2D eigenvalue weighted by atomic mass is 9.95. The third-order valence-corrected chi connectivity index (χ3v) is 4.80. The first kappa shape index (κ1) is 14.4. The van der Waals surface area contributed by atoms with Crippen molar-refractivity contribution in [3.8, 4) is 0 Å². The van der Waals surface area contributed by atoms with Crippen molar-refractivity contribution in [3.63, 3.8) is 0 Å². The normalized spacial score (nSPS) is 17.5. The lowest BCUT2D eigenvalue weighted by Gasteiger charge is -2.25. The number of aromatic nitrogens is 2. The molecule has 1 heterocycles. The SMILES string of the molecule is COC(C)(C)c1cc2nn(C3CCCCC3)cc2cc1N. The van der Waals surface area contributed by atoms with Crippen molar-refractivity contribution >= 4 is 16.6 Å². The highest BCUT2D eigenvalue weighted by atomic mass is 16.5. The van der Waals surface area contributed by atoms with E-state index < -0.39 is 5.60 Å². The van der Waals surface area contributed by atoms with Crippen molar-refractivity contribution in [1.29, 1.82) is 0 Å². The first-order valence-electron chi connectivity index (χ1n) is 7.85. The molecule has 0 amide bonds. The Bertz CT molecular complexity index is 639. The molecule has 0 unspecified atom stereocenters. The van der Waals surface area contributed by atoms with E-state index in [0.717, 1.165) is 22.2 Å². The Hall–Kier alpha value is -1.55. The lowest BCUT2D eigenvalue weighted by Crippen LogP contribution is -2.21. The largest absolute Gasteiger partial charge is 0.398 e. The van der Waals surface area contributed by atoms with Gasteiger partial charge in [-0.25, -0.2) is 0 Å². The molecule has 1 aliphatic carbocycles. The monoisotopic (exact) mass is 287 g/mol. The molecule has 114 valence electrons. The number of nitrogen functional groups attached to an aromatic ring is 1. The van der Waals surface area contributed by atoms with E-state index in [2.05, 4.69) is 16.9 Å². The molecule has 2 aromatic rings. The quantitative estimate of drug-likeness (QED) is 0.868. The van der Waals surface area contributed by atoms with Gasteiger partial charge in [0.25, 0.3) is 0 Å². The van der Waals surface area contributed by atoms with Crippen molar-refractivity contribution in [2.45, 2.75) is 57.6 Å². The van der Waals surface area contributed by atoms with E-state index >= 15 is 0 Å². The fourth-order valence-electron chi connectivity index (χ4n) is 3.27. The number of hydrogen-bond donors (Lipinski definition) is 1. The number of rotatable bonds is 3. The van der Waals surface area contributed by atoms with Gasteiger partial charge in [0.2, 0.25) is 0 Å². The van der Waals surface area contributed by atoms with Crippen LogP contribution in [0.5, 0.6) is 0 Å². The molecule has 1 aromatic carbocycles. The summed E-state index contributed by atoms with van der Waals surface area (Å²) < 4.78 is 7.71. The minimum absolute atomic E-state index is 0.396. The maximum atomic E-state index is 6.22. The van der Waals surface area contributed by atoms with Crippen LogP contribution in [-0.4, -0.2) is 16.9 Å². The Morgan fingerprint density at radius 2 is 1.95 bits per heavy atom. The van der Waals surface area contributed by atoms with E-state index in [1.807, 2.05) is 19.9 Å². The summed E-state index contributed by atoms with van der Waals surface area (Å²) in [5.74, 6) is 0. The Morgan fingerprint density at radius 1 is 1.24 bits per heavy atom. The third kappa shape index (κ3) is 2.64. The fourth-order valence-corrected chi connectivity index (χ4v) is 3.27. The number of nitrogens with zero attached hydrogens (tertiary/aromatic N) is 2. The van der Waals surface area contributed by atoms with E-state index in [0.29, 0.717) is 6.04 Å². The van der Waals surface area contributed by atoms with Crippen LogP contribution in [0.4, 0.5) is 5.69 Å². The van der Waals surface area contributed by atoms with Gasteiger partial charge in [0.05, 0.1) is 17.2 Å². The molecule has 1 saturated carbocycles. The Balaban J connectivity index is 2.01. The number of methoxy groups -OCH3 is 1. The van der Waals surface area contributed by atoms with Crippen LogP contribution >= 0.6 is 0 Å². The molecule has 1 fully saturated rings. The first-order chi connectivity index (χ1) is 10.0. The summed E-state index contributed by atoms with van der Waals surface area (Å²) in [7, 11) is 1.71. The molecule has 0 atom stereocenters. The van der Waals surface area contributed by atoms with Gasteiger partial charge in [0.1, 0.15) is 0 Å². The number of anilines is 1. The van der Waals surface area contributed by atoms with E-state index in [4.69, 9.17) is 15.6 Å². The second-order valence-corrected chi connectivity index (χ2v) is 6.61. The minimum Gasteiger partial charge on any atom is -0.398 e. The van der Waals surface area contributed by atoms with E-state index in [-0.39, 0.29) is 0 Å². The summed E-state index contributed by atoms with van der Waals surface area (Å²) >= 11 is 0. The topological polar surface area (TPSA) is 53.1 Å². The molecule has 1 aliphatic rings. The Labute approximate surface area is 126 Å². The van der Waals surface area contributed by atoms with Crippen LogP contribution in [-0.2, 0) is 10.3 Å². The summed E-state index contributed by atoms with van der Waals surface area (Å²) in [4.78, 5) is 0. The van der Waals surface area contributed by atoms with Crippen LogP contribution < -0.4 is 5.73 Å². The molecule has 2 N–H and O–H groups in total. The fraction of sp³-hybridized carbons (Fsp3) is 0.588. The van der Waals surface area contributed by atoms with Crippen LogP contribution in [0.25, 0.3) is 10.9 Å². The standard InChI is InChI=1S/C17H25N3O/c1-17(2,21-3)14-10-16-12(9-15(14)18)11-20(19-16)13-7-5-4-6-8-13/h9-11,13H,4-8,18H2,1-3H3. The summed E-state index contributed by atoms with van der Waals surface area (Å²) in [6.45, 7) is 4.06. The average molecular weight is 287 g/mol. The van der Waals surface area contributed by atoms with E-state index in [1.54, 1.807) is 7.11 Å². The van der Waals surface area contributed by atoms with Crippen LogP contribution in [0.1, 0.15) is 57.6 Å². The van der Waals surface area contributed by atoms with Gasteiger partial charge in [-0.05, 0) is 38.8 Å². The maximum Gasteiger partial charge on any atom is 0.0928 e. The minimum atomic E-state index is -0.396. The molecule has 0 radical (unpaired) electrons. The highest BCUT2D eigenvalue weighted by Crippen LogP contribution is 2.34. The van der Waals surface area contributed by atoms with Crippen molar-refractivity contribution < 1.29 is 4.74 Å². The molecule has 4 heteroatoms. The zero-order valence-corrected chi connectivity index (χ0v) is 13.2. The average Bonchev–Trinajstić information content (AvgIpc) is 2.90. The zero-order valence-electron chi connectivity index (χ0n) is 13.2. The summed E-state index contributed by atoms with van der Waals surface area (Å²) in [5.41, 5.74) is 8.61. The molecule has 4 nitrogen and oxygen atoms in total. The molecule has 0 bridgehead atoms. The second kappa shape index (κ2) is 5.34. The molecule has 0 aliphatic heterocycles. The number of benzene rings is 1. The Morgan fingerprint density at radius 3 is 2.62 bits per heavy atom. The number of fused-ring (bicyclic) bond motifs is 1. The maximum absolute atomic E-state index is 6.22. The number of ether oxygens (including phenoxy) is 1. The van der Waals surface area contributed by atoms with Crippen LogP contribution in [0.15, 0.2) is 18.3 Å². The third-order valence-electron chi connectivity index (χ3n) is 4.80. The van der Waals surface area contributed by atoms with Gasteiger partial charge in [-0.1, -0.05) is 19.3 Å². The van der Waals surface area contributed by atoms with Crippen LogP contribution in [0, 0.1) is 0 Å². The lowest BCUT2D eigenvalue weighted by molar-refractivity contribution is 0.0199. The first-order valence-corrected chi connectivity index (χ1v) is 7.85. The van der Waals surface area contributed by atoms with Gasteiger partial charge >= 0.3 is 0 Å². The van der Waals surface area contributed by atoms with Crippen molar-refractivity contribution in [1.82, 2.24) is 9.78 Å². The van der Waals surface area contributed by atoms with Crippen molar-refractivity contribution in [2.24, 2.45) is 0 Å². The summed E-state index contributed by atoms with van der Waals surface area (Å²) in [6.07, 6.45) is 8.59. The van der Waals surface area contributed by atoms with Crippen LogP contribution in [0.2, 0.25) is 0 Å². The molecular weight excluding hydrogens is 262 g/mol. The van der Waals surface area contributed by atoms with E-state index in [1.165, 1.54) is 32.1 Å². The summed E-state index contributed by atoms with van der Waals surface area (Å²) in [5, 5.41) is 5.91. The molecule has 0 spiro atoms. The Kier molecular flexibility index (Phi) is 3.66. The van der Waals surface area contributed by atoms with Gasteiger partial charge in [-0.3, -0.25) is 4.68 Å². The van der Waals surface area contributed by atoms with Crippen LogP contribution in [0.3, 0.4) is 0 Å². The van der Waals surface area contributed by atoms with Gasteiger partial charge in [0, 0.05) is 29.9 Å². The van der Waals surface area contributed by atoms with E-state index in [9.17, 15) is 0 Å². The van der Waals surface area contributed by atoms with Gasteiger partial charge in [0.15, 0.2) is 0 Å². The molecule has 0 saturated heterocycles.